The molecule has 1 heterocycles. The Kier molecular flexibility index (Phi) is 11.7. The SMILES string of the molecule is CCC(C(=O)NCC(=O)CSCc1ccccc1)n1ccnc(NCC(=[N-])C(=N)CCC(C)=O)c1=O. The van der Waals surface area contributed by atoms with E-state index in [-0.39, 0.29) is 60.5 Å². The molecule has 2 aromatic rings. The number of ketones is 2. The lowest BCUT2D eigenvalue weighted by Gasteiger charge is -2.19. The molecule has 0 bridgehead atoms. The smallest absolute Gasteiger partial charge is 0.294 e. The van der Waals surface area contributed by atoms with Crippen LogP contribution in [0.2, 0.25) is 0 Å². The van der Waals surface area contributed by atoms with Gasteiger partial charge in [-0.05, 0) is 25.3 Å². The predicted octanol–water partition coefficient (Wildman–Crippen LogP) is 2.62. The minimum Gasteiger partial charge on any atom is -0.805 e. The van der Waals surface area contributed by atoms with E-state index in [1.165, 1.54) is 35.6 Å². The van der Waals surface area contributed by atoms with E-state index < -0.39 is 17.5 Å². The first-order valence-electron chi connectivity index (χ1n) is 11.6. The molecule has 10 nitrogen and oxygen atoms in total. The van der Waals surface area contributed by atoms with Crippen LogP contribution in [0.1, 0.15) is 44.7 Å². The van der Waals surface area contributed by atoms with Crippen LogP contribution in [-0.4, -0.2) is 57.3 Å². The maximum atomic E-state index is 12.9. The highest BCUT2D eigenvalue weighted by atomic mass is 32.2. The second kappa shape index (κ2) is 14.7. The summed E-state index contributed by atoms with van der Waals surface area (Å²) < 4.78 is 1.22. The molecule has 1 aromatic heterocycles. The van der Waals surface area contributed by atoms with Crippen molar-refractivity contribution in [2.24, 2.45) is 0 Å². The second-order valence-electron chi connectivity index (χ2n) is 8.13. The maximum Gasteiger partial charge on any atom is 0.294 e. The third-order valence-corrected chi connectivity index (χ3v) is 6.29. The number of carbonyl (C=O) groups excluding carboxylic acids is 3. The van der Waals surface area contributed by atoms with Crippen LogP contribution in [0.4, 0.5) is 5.82 Å². The molecular weight excluding hydrogens is 480 g/mol. The molecular formula is C25H31N6O4S-. The zero-order valence-electron chi connectivity index (χ0n) is 20.5. The van der Waals surface area contributed by atoms with E-state index in [0.29, 0.717) is 12.2 Å². The van der Waals surface area contributed by atoms with Crippen LogP contribution in [0, 0.1) is 5.41 Å². The Morgan fingerprint density at radius 2 is 1.89 bits per heavy atom. The van der Waals surface area contributed by atoms with Gasteiger partial charge in [-0.2, -0.15) is 0 Å². The number of thioether (sulfide) groups is 1. The third kappa shape index (κ3) is 9.21. The topological polar surface area (TPSA) is 156 Å². The van der Waals surface area contributed by atoms with Gasteiger partial charge in [0.15, 0.2) is 11.6 Å². The number of rotatable bonds is 16. The molecule has 0 spiro atoms. The number of amides is 1. The summed E-state index contributed by atoms with van der Waals surface area (Å²) in [4.78, 5) is 52.9. The predicted molar refractivity (Wildman–Crippen MR) is 143 cm³/mol. The molecule has 2 rings (SSSR count). The molecule has 1 amide bonds. The second-order valence-corrected chi connectivity index (χ2v) is 9.11. The Morgan fingerprint density at radius 3 is 2.56 bits per heavy atom. The number of hydrogen-bond acceptors (Lipinski definition) is 8. The van der Waals surface area contributed by atoms with Crippen LogP contribution >= 0.6 is 11.8 Å². The van der Waals surface area contributed by atoms with Crippen LogP contribution in [-0.2, 0) is 20.1 Å². The summed E-state index contributed by atoms with van der Waals surface area (Å²) in [7, 11) is 0. The van der Waals surface area contributed by atoms with Gasteiger partial charge in [-0.15, -0.1) is 17.5 Å². The van der Waals surface area contributed by atoms with Crippen molar-refractivity contribution in [2.45, 2.75) is 44.9 Å². The van der Waals surface area contributed by atoms with Gasteiger partial charge >= 0.3 is 0 Å². The number of nitrogens with zero attached hydrogens (tertiary/aromatic N) is 3. The standard InChI is InChI=1S/C25H31N6O4S/c1-3-22(24(34)30-13-19(33)16-36-15-18-7-5-4-6-8-18)31-12-11-28-23(25(31)35)29-14-21(27)20(26)10-9-17(2)32/h4-8,11-12,22,26H,3,9-10,13-16H2,1-2H3,(H,28,29)(H,30,34)/q-1. The molecule has 1 atom stereocenters. The molecule has 1 unspecified atom stereocenters. The molecule has 0 aliphatic rings. The van der Waals surface area contributed by atoms with E-state index in [2.05, 4.69) is 15.6 Å². The fourth-order valence-corrected chi connectivity index (χ4v) is 4.09. The normalized spacial score (nSPS) is 11.4. The van der Waals surface area contributed by atoms with Crippen LogP contribution in [0.5, 0.6) is 0 Å². The number of nitrogens with one attached hydrogen (secondary N) is 3. The van der Waals surface area contributed by atoms with Gasteiger partial charge in [-0.3, -0.25) is 19.0 Å². The number of benzene rings is 1. The highest BCUT2D eigenvalue weighted by Crippen LogP contribution is 2.12. The Balaban J connectivity index is 1.90. The lowest BCUT2D eigenvalue weighted by atomic mass is 10.1. The summed E-state index contributed by atoms with van der Waals surface area (Å²) in [5.41, 5.74) is 0.130. The first-order valence-corrected chi connectivity index (χ1v) is 12.7. The number of aromatic nitrogens is 2. The molecule has 0 saturated carbocycles. The van der Waals surface area contributed by atoms with Gasteiger partial charge in [0.05, 0.1) is 12.3 Å². The number of carbonyl (C=O) groups is 3. The van der Waals surface area contributed by atoms with Crippen molar-refractivity contribution < 1.29 is 14.4 Å². The molecule has 0 radical (unpaired) electrons. The maximum absolute atomic E-state index is 12.9. The lowest BCUT2D eigenvalue weighted by molar-refractivity contribution is -0.127. The summed E-state index contributed by atoms with van der Waals surface area (Å²) in [6.07, 6.45) is 3.28. The highest BCUT2D eigenvalue weighted by molar-refractivity contribution is 7.99. The van der Waals surface area contributed by atoms with E-state index in [4.69, 9.17) is 5.41 Å². The van der Waals surface area contributed by atoms with Crippen molar-refractivity contribution in [1.82, 2.24) is 14.9 Å². The van der Waals surface area contributed by atoms with Crippen molar-refractivity contribution in [3.05, 3.63) is 64.1 Å². The van der Waals surface area contributed by atoms with E-state index >= 15 is 0 Å². The van der Waals surface area contributed by atoms with E-state index in [9.17, 15) is 24.6 Å². The number of hydrogen-bond donors (Lipinski definition) is 3. The van der Waals surface area contributed by atoms with Gasteiger partial charge in [0.25, 0.3) is 5.56 Å². The zero-order valence-corrected chi connectivity index (χ0v) is 21.3. The van der Waals surface area contributed by atoms with E-state index in [1.807, 2.05) is 30.3 Å². The summed E-state index contributed by atoms with van der Waals surface area (Å²) in [5.74, 6) is 0.188. The molecule has 192 valence electrons. The molecule has 3 N–H and O–H groups in total. The quantitative estimate of drug-likeness (QED) is 0.292. The fraction of sp³-hybridized carbons (Fsp3) is 0.400. The first kappa shape index (κ1) is 28.6. The highest BCUT2D eigenvalue weighted by Gasteiger charge is 2.21. The summed E-state index contributed by atoms with van der Waals surface area (Å²) in [5, 5.41) is 23.1. The zero-order chi connectivity index (χ0) is 26.5. The van der Waals surface area contributed by atoms with Crippen molar-refractivity contribution in [3.63, 3.8) is 0 Å². The van der Waals surface area contributed by atoms with Crippen molar-refractivity contribution in [3.8, 4) is 0 Å². The summed E-state index contributed by atoms with van der Waals surface area (Å²) >= 11 is 1.47. The Labute approximate surface area is 214 Å². The fourth-order valence-electron chi connectivity index (χ4n) is 3.23. The number of anilines is 1. The van der Waals surface area contributed by atoms with Crippen LogP contribution in [0.3, 0.4) is 0 Å². The van der Waals surface area contributed by atoms with Gasteiger partial charge in [0.1, 0.15) is 11.8 Å². The molecule has 0 saturated heterocycles. The van der Waals surface area contributed by atoms with Crippen LogP contribution < -0.4 is 16.2 Å². The van der Waals surface area contributed by atoms with Crippen molar-refractivity contribution in [2.75, 3.05) is 24.2 Å². The van der Waals surface area contributed by atoms with Gasteiger partial charge in [-0.1, -0.05) is 37.3 Å². The summed E-state index contributed by atoms with van der Waals surface area (Å²) in [6.45, 7) is 2.80. The van der Waals surface area contributed by atoms with Crippen LogP contribution in [0.25, 0.3) is 5.41 Å². The Hall–Kier alpha value is -3.60. The first-order chi connectivity index (χ1) is 17.2. The average Bonchev–Trinajstić information content (AvgIpc) is 2.87. The molecule has 0 aliphatic carbocycles. The number of Topliss-reactive ketones (excluding diaryl/α,β-unsaturated/α-hetero) is 2. The van der Waals surface area contributed by atoms with Gasteiger partial charge in [-0.25, -0.2) is 4.98 Å². The monoisotopic (exact) mass is 511 g/mol. The molecule has 0 aliphatic heterocycles. The minimum atomic E-state index is -0.850. The molecule has 1 aromatic carbocycles. The summed E-state index contributed by atoms with van der Waals surface area (Å²) in [6, 6.07) is 8.93. The average molecular weight is 512 g/mol. The lowest BCUT2D eigenvalue weighted by Crippen LogP contribution is -2.40. The molecule has 36 heavy (non-hydrogen) atoms. The van der Waals surface area contributed by atoms with Crippen molar-refractivity contribution in [1.29, 1.82) is 5.41 Å². The van der Waals surface area contributed by atoms with Gasteiger partial charge in [0.2, 0.25) is 5.91 Å². The Morgan fingerprint density at radius 1 is 1.17 bits per heavy atom. The largest absolute Gasteiger partial charge is 0.805 e. The minimum absolute atomic E-state index is 0.0929. The van der Waals surface area contributed by atoms with Gasteiger partial charge in [0, 0.05) is 36.8 Å². The van der Waals surface area contributed by atoms with Crippen molar-refractivity contribution >= 4 is 46.5 Å². The Bertz CT molecular complexity index is 1150. The molecule has 11 heteroatoms. The van der Waals surface area contributed by atoms with Gasteiger partial charge < -0.3 is 26.2 Å². The molecule has 0 fully saturated rings. The van der Waals surface area contributed by atoms with E-state index in [0.717, 1.165) is 5.56 Å². The third-order valence-electron chi connectivity index (χ3n) is 5.23. The van der Waals surface area contributed by atoms with Crippen LogP contribution in [0.15, 0.2) is 47.5 Å². The van der Waals surface area contributed by atoms with E-state index in [1.54, 1.807) is 6.92 Å².